The molecule has 0 fully saturated rings. The summed E-state index contributed by atoms with van der Waals surface area (Å²) in [6, 6.07) is 19.3. The third-order valence-corrected chi connectivity index (χ3v) is 4.01. The van der Waals surface area contributed by atoms with Crippen molar-refractivity contribution in [1.82, 2.24) is 14.7 Å². The van der Waals surface area contributed by atoms with Crippen molar-refractivity contribution in [3.8, 4) is 11.3 Å². The number of furan rings is 1. The molecule has 3 heterocycles. The number of amides is 1. The number of benzene rings is 1. The largest absolute Gasteiger partial charge is 0.465 e. The Balaban J connectivity index is 1.72. The summed E-state index contributed by atoms with van der Waals surface area (Å²) < 4.78 is 7.44. The second kappa shape index (κ2) is 6.28. The second-order valence-corrected chi connectivity index (χ2v) is 5.80. The number of aryl methyl sites for hydroxylation is 1. The molecule has 124 valence electrons. The first kappa shape index (κ1) is 15.2. The number of hydrogen-bond acceptors (Lipinski definition) is 3. The minimum atomic E-state index is -0.225. The normalized spacial score (nSPS) is 10.9. The van der Waals surface area contributed by atoms with E-state index in [9.17, 15) is 4.79 Å². The lowest BCUT2D eigenvalue weighted by molar-refractivity contribution is 0.0944. The lowest BCUT2D eigenvalue weighted by Crippen LogP contribution is -2.23. The molecule has 0 aliphatic heterocycles. The Morgan fingerprint density at radius 3 is 2.64 bits per heavy atom. The molecule has 0 saturated heterocycles. The lowest BCUT2D eigenvalue weighted by atomic mass is 10.1. The van der Waals surface area contributed by atoms with E-state index in [4.69, 9.17) is 4.42 Å². The van der Waals surface area contributed by atoms with Crippen LogP contribution in [-0.2, 0) is 6.54 Å². The van der Waals surface area contributed by atoms with Gasteiger partial charge < -0.3 is 9.73 Å². The Morgan fingerprint density at radius 2 is 1.88 bits per heavy atom. The molecule has 4 aromatic rings. The zero-order valence-corrected chi connectivity index (χ0v) is 13.8. The Labute approximate surface area is 144 Å². The maximum atomic E-state index is 12.8. The number of fused-ring (bicyclic) bond motifs is 1. The number of carbonyl (C=O) groups excluding carboxylic acids is 1. The molecule has 25 heavy (non-hydrogen) atoms. The minimum absolute atomic E-state index is 0.225. The van der Waals surface area contributed by atoms with Crippen molar-refractivity contribution in [1.29, 1.82) is 0 Å². The van der Waals surface area contributed by atoms with E-state index in [1.807, 2.05) is 78.2 Å². The predicted octanol–water partition coefficient (Wildman–Crippen LogP) is 3.83. The van der Waals surface area contributed by atoms with Gasteiger partial charge in [-0.3, -0.25) is 9.20 Å². The average Bonchev–Trinajstić information content (AvgIpc) is 3.24. The minimum Gasteiger partial charge on any atom is -0.465 e. The zero-order chi connectivity index (χ0) is 17.2. The molecule has 0 unspecified atom stereocenters. The fourth-order valence-corrected chi connectivity index (χ4v) is 2.86. The van der Waals surface area contributed by atoms with Crippen LogP contribution < -0.4 is 5.32 Å². The van der Waals surface area contributed by atoms with Crippen LogP contribution in [0.25, 0.3) is 16.9 Å². The van der Waals surface area contributed by atoms with Crippen LogP contribution in [0.5, 0.6) is 0 Å². The Hall–Kier alpha value is -3.34. The van der Waals surface area contributed by atoms with Gasteiger partial charge in [-0.25, -0.2) is 4.98 Å². The molecule has 3 aromatic heterocycles. The highest BCUT2D eigenvalue weighted by Gasteiger charge is 2.20. The summed E-state index contributed by atoms with van der Waals surface area (Å²) in [4.78, 5) is 17.3. The van der Waals surface area contributed by atoms with E-state index in [1.165, 1.54) is 0 Å². The van der Waals surface area contributed by atoms with E-state index in [0.717, 1.165) is 28.4 Å². The van der Waals surface area contributed by atoms with Gasteiger partial charge in [-0.2, -0.15) is 0 Å². The molecule has 1 N–H and O–H groups in total. The van der Waals surface area contributed by atoms with Crippen LogP contribution in [0.4, 0.5) is 0 Å². The first-order valence-electron chi connectivity index (χ1n) is 8.08. The molecule has 1 aromatic carbocycles. The van der Waals surface area contributed by atoms with Crippen LogP contribution in [0, 0.1) is 6.92 Å². The van der Waals surface area contributed by atoms with E-state index in [2.05, 4.69) is 10.3 Å². The number of imidazole rings is 1. The highest BCUT2D eigenvalue weighted by Crippen LogP contribution is 2.25. The maximum Gasteiger partial charge on any atom is 0.272 e. The van der Waals surface area contributed by atoms with E-state index in [0.29, 0.717) is 12.2 Å². The van der Waals surface area contributed by atoms with Crippen molar-refractivity contribution in [2.45, 2.75) is 13.5 Å². The molecular formula is C20H17N3O2. The number of nitrogens with one attached hydrogen (secondary N) is 1. The van der Waals surface area contributed by atoms with Crippen molar-refractivity contribution in [2.75, 3.05) is 0 Å². The first-order valence-corrected chi connectivity index (χ1v) is 8.08. The van der Waals surface area contributed by atoms with E-state index in [-0.39, 0.29) is 5.91 Å². The molecule has 0 aliphatic carbocycles. The fourth-order valence-electron chi connectivity index (χ4n) is 2.86. The van der Waals surface area contributed by atoms with E-state index >= 15 is 0 Å². The number of aromatic nitrogens is 2. The van der Waals surface area contributed by atoms with Gasteiger partial charge in [-0.15, -0.1) is 0 Å². The standard InChI is InChI=1S/C20H17N3O2/c1-14-10-11-16(25-14)13-21-20(24)18-19(15-7-3-2-4-8-15)23-12-6-5-9-17(23)22-18/h2-12H,13H2,1H3,(H,21,24). The molecule has 0 spiro atoms. The van der Waals surface area contributed by atoms with Gasteiger partial charge in [0.15, 0.2) is 5.69 Å². The molecule has 0 atom stereocenters. The van der Waals surface area contributed by atoms with Gasteiger partial charge in [-0.1, -0.05) is 36.4 Å². The van der Waals surface area contributed by atoms with Crippen LogP contribution in [-0.4, -0.2) is 15.3 Å². The Bertz CT molecular complexity index is 1030. The topological polar surface area (TPSA) is 59.5 Å². The second-order valence-electron chi connectivity index (χ2n) is 5.80. The summed E-state index contributed by atoms with van der Waals surface area (Å²) in [5.41, 5.74) is 2.87. The van der Waals surface area contributed by atoms with Crippen LogP contribution in [0.3, 0.4) is 0 Å². The van der Waals surface area contributed by atoms with Gasteiger partial charge in [0.1, 0.15) is 17.2 Å². The zero-order valence-electron chi connectivity index (χ0n) is 13.8. The van der Waals surface area contributed by atoms with Crippen molar-refractivity contribution in [3.05, 3.63) is 84.1 Å². The quantitative estimate of drug-likeness (QED) is 0.618. The summed E-state index contributed by atoms with van der Waals surface area (Å²) in [6.07, 6.45) is 1.91. The number of pyridine rings is 1. The maximum absolute atomic E-state index is 12.8. The molecule has 0 radical (unpaired) electrons. The third kappa shape index (κ3) is 2.92. The summed E-state index contributed by atoms with van der Waals surface area (Å²) >= 11 is 0. The van der Waals surface area contributed by atoms with Gasteiger partial charge >= 0.3 is 0 Å². The summed E-state index contributed by atoms with van der Waals surface area (Å²) in [6.45, 7) is 2.20. The predicted molar refractivity (Wildman–Crippen MR) is 95.2 cm³/mol. The summed E-state index contributed by atoms with van der Waals surface area (Å²) in [5, 5.41) is 2.89. The van der Waals surface area contributed by atoms with E-state index < -0.39 is 0 Å². The van der Waals surface area contributed by atoms with Crippen molar-refractivity contribution < 1.29 is 9.21 Å². The van der Waals surface area contributed by atoms with Crippen LogP contribution >= 0.6 is 0 Å². The number of hydrogen-bond donors (Lipinski definition) is 1. The van der Waals surface area contributed by atoms with Crippen molar-refractivity contribution >= 4 is 11.6 Å². The van der Waals surface area contributed by atoms with Gasteiger partial charge in [0.25, 0.3) is 5.91 Å². The Kier molecular flexibility index (Phi) is 3.82. The first-order chi connectivity index (χ1) is 12.2. The highest BCUT2D eigenvalue weighted by molar-refractivity contribution is 5.99. The van der Waals surface area contributed by atoms with Crippen LogP contribution in [0.15, 0.2) is 71.3 Å². The van der Waals surface area contributed by atoms with Crippen molar-refractivity contribution in [2.24, 2.45) is 0 Å². The number of carbonyl (C=O) groups is 1. The SMILES string of the molecule is Cc1ccc(CNC(=O)c2nc3ccccn3c2-c2ccccc2)o1. The molecule has 0 aliphatic rings. The number of rotatable bonds is 4. The monoisotopic (exact) mass is 331 g/mol. The van der Waals surface area contributed by atoms with Crippen LogP contribution in [0.1, 0.15) is 22.0 Å². The van der Waals surface area contributed by atoms with Crippen LogP contribution in [0.2, 0.25) is 0 Å². The molecule has 1 amide bonds. The fraction of sp³-hybridized carbons (Fsp3) is 0.100. The van der Waals surface area contributed by atoms with Gasteiger partial charge in [0.2, 0.25) is 0 Å². The highest BCUT2D eigenvalue weighted by atomic mass is 16.3. The molecule has 5 nitrogen and oxygen atoms in total. The lowest BCUT2D eigenvalue weighted by Gasteiger charge is -2.06. The Morgan fingerprint density at radius 1 is 1.08 bits per heavy atom. The summed E-state index contributed by atoms with van der Waals surface area (Å²) in [5.74, 6) is 1.31. The van der Waals surface area contributed by atoms with E-state index in [1.54, 1.807) is 0 Å². The molecular weight excluding hydrogens is 314 g/mol. The third-order valence-electron chi connectivity index (χ3n) is 4.01. The van der Waals surface area contributed by atoms with Gasteiger partial charge in [0, 0.05) is 11.8 Å². The molecule has 4 rings (SSSR count). The number of nitrogens with zero attached hydrogens (tertiary/aromatic N) is 2. The summed E-state index contributed by atoms with van der Waals surface area (Å²) in [7, 11) is 0. The van der Waals surface area contributed by atoms with Gasteiger partial charge in [-0.05, 0) is 31.2 Å². The molecule has 0 bridgehead atoms. The average molecular weight is 331 g/mol. The molecule has 0 saturated carbocycles. The smallest absolute Gasteiger partial charge is 0.272 e. The van der Waals surface area contributed by atoms with Gasteiger partial charge in [0.05, 0.1) is 12.2 Å². The van der Waals surface area contributed by atoms with Crippen molar-refractivity contribution in [3.63, 3.8) is 0 Å². The molecule has 5 heteroatoms.